The topological polar surface area (TPSA) is 38.4 Å². The average molecular weight is 214 g/mol. The Labute approximate surface area is 91.7 Å². The molecule has 0 atom stereocenters. The zero-order valence-corrected chi connectivity index (χ0v) is 10.4. The van der Waals surface area contributed by atoms with Crippen LogP contribution in [-0.2, 0) is 0 Å². The van der Waals surface area contributed by atoms with Crippen molar-refractivity contribution in [2.45, 2.75) is 33.6 Å². The van der Waals surface area contributed by atoms with Crippen LogP contribution in [0.5, 0.6) is 0 Å². The molecule has 2 nitrogen and oxygen atoms in total. The smallest absolute Gasteiger partial charge is 0.0991 e. The third kappa shape index (κ3) is 3.91. The molecule has 1 fully saturated rings. The summed E-state index contributed by atoms with van der Waals surface area (Å²) in [6.45, 7) is 7.28. The molecule has 0 aromatic rings. The Bertz CT molecular complexity index is 200. The first-order chi connectivity index (χ1) is 6.50. The van der Waals surface area contributed by atoms with Crippen molar-refractivity contribution in [1.82, 2.24) is 0 Å². The number of aliphatic imine (C=N–C) groups is 1. The number of thioether (sulfide) groups is 1. The maximum absolute atomic E-state index is 5.91. The van der Waals surface area contributed by atoms with Crippen molar-refractivity contribution in [1.29, 1.82) is 0 Å². The van der Waals surface area contributed by atoms with Crippen LogP contribution in [0, 0.1) is 11.3 Å². The quantitative estimate of drug-likeness (QED) is 0.566. The zero-order valence-electron chi connectivity index (χ0n) is 9.55. The minimum Gasteiger partial charge on any atom is -0.387 e. The van der Waals surface area contributed by atoms with Crippen LogP contribution < -0.4 is 5.73 Å². The summed E-state index contributed by atoms with van der Waals surface area (Å²) in [5, 5.41) is 0. The second kappa shape index (κ2) is 5.06. The largest absolute Gasteiger partial charge is 0.387 e. The lowest BCUT2D eigenvalue weighted by atomic mass is 9.95. The first-order valence-corrected chi connectivity index (χ1v) is 6.54. The van der Waals surface area contributed by atoms with E-state index in [0.717, 1.165) is 18.3 Å². The molecule has 0 spiro atoms. The molecule has 1 saturated heterocycles. The Kier molecular flexibility index (Phi) is 4.30. The molecule has 82 valence electrons. The van der Waals surface area contributed by atoms with Gasteiger partial charge in [0.2, 0.25) is 0 Å². The monoisotopic (exact) mass is 214 g/mol. The maximum atomic E-state index is 5.91. The van der Waals surface area contributed by atoms with E-state index in [9.17, 15) is 0 Å². The SMILES string of the molecule is CC(C)(C)C(N)=NCC1CCSCC1. The summed E-state index contributed by atoms with van der Waals surface area (Å²) in [7, 11) is 0. The van der Waals surface area contributed by atoms with E-state index >= 15 is 0 Å². The molecule has 0 radical (unpaired) electrons. The van der Waals surface area contributed by atoms with E-state index in [1.165, 1.54) is 24.3 Å². The molecule has 0 aliphatic carbocycles. The number of nitrogens with two attached hydrogens (primary N) is 1. The van der Waals surface area contributed by atoms with Crippen LogP contribution in [0.4, 0.5) is 0 Å². The predicted molar refractivity (Wildman–Crippen MR) is 66.0 cm³/mol. The van der Waals surface area contributed by atoms with Crippen molar-refractivity contribution in [3.63, 3.8) is 0 Å². The molecule has 1 heterocycles. The van der Waals surface area contributed by atoms with Crippen LogP contribution in [0.15, 0.2) is 4.99 Å². The van der Waals surface area contributed by atoms with Crippen molar-refractivity contribution in [3.8, 4) is 0 Å². The normalized spacial score (nSPS) is 21.2. The van der Waals surface area contributed by atoms with E-state index in [2.05, 4.69) is 37.5 Å². The van der Waals surface area contributed by atoms with Gasteiger partial charge in [-0.05, 0) is 30.3 Å². The zero-order chi connectivity index (χ0) is 10.6. The van der Waals surface area contributed by atoms with Crippen LogP contribution in [0.2, 0.25) is 0 Å². The van der Waals surface area contributed by atoms with Gasteiger partial charge < -0.3 is 5.73 Å². The van der Waals surface area contributed by atoms with Crippen molar-refractivity contribution in [3.05, 3.63) is 0 Å². The van der Waals surface area contributed by atoms with E-state index in [-0.39, 0.29) is 5.41 Å². The molecule has 1 rings (SSSR count). The van der Waals surface area contributed by atoms with Crippen LogP contribution >= 0.6 is 11.8 Å². The van der Waals surface area contributed by atoms with Gasteiger partial charge in [-0.2, -0.15) is 11.8 Å². The highest BCUT2D eigenvalue weighted by Crippen LogP contribution is 2.23. The van der Waals surface area contributed by atoms with Crippen LogP contribution in [0.25, 0.3) is 0 Å². The number of rotatable bonds is 2. The third-order valence-corrected chi connectivity index (χ3v) is 3.68. The average Bonchev–Trinajstić information content (AvgIpc) is 2.14. The molecule has 3 heteroatoms. The minimum absolute atomic E-state index is 0.0312. The van der Waals surface area contributed by atoms with Gasteiger partial charge in [-0.25, -0.2) is 0 Å². The Morgan fingerprint density at radius 2 is 1.93 bits per heavy atom. The van der Waals surface area contributed by atoms with Crippen molar-refractivity contribution in [2.24, 2.45) is 22.1 Å². The summed E-state index contributed by atoms with van der Waals surface area (Å²) >= 11 is 2.06. The highest BCUT2D eigenvalue weighted by atomic mass is 32.2. The van der Waals surface area contributed by atoms with Gasteiger partial charge in [0.15, 0.2) is 0 Å². The summed E-state index contributed by atoms with van der Waals surface area (Å²) in [5.41, 5.74) is 5.94. The van der Waals surface area contributed by atoms with Gasteiger partial charge in [-0.15, -0.1) is 0 Å². The fraction of sp³-hybridized carbons (Fsp3) is 0.909. The summed E-state index contributed by atoms with van der Waals surface area (Å²) < 4.78 is 0. The van der Waals surface area contributed by atoms with Crippen LogP contribution in [0.3, 0.4) is 0 Å². The first kappa shape index (κ1) is 11.9. The highest BCUT2D eigenvalue weighted by Gasteiger charge is 2.17. The van der Waals surface area contributed by atoms with Crippen molar-refractivity contribution >= 4 is 17.6 Å². The number of hydrogen-bond acceptors (Lipinski definition) is 2. The lowest BCUT2D eigenvalue weighted by Gasteiger charge is -2.22. The third-order valence-electron chi connectivity index (χ3n) is 2.63. The van der Waals surface area contributed by atoms with Gasteiger partial charge in [0.05, 0.1) is 5.84 Å². The van der Waals surface area contributed by atoms with E-state index < -0.39 is 0 Å². The molecule has 0 bridgehead atoms. The van der Waals surface area contributed by atoms with Crippen LogP contribution in [0.1, 0.15) is 33.6 Å². The lowest BCUT2D eigenvalue weighted by Crippen LogP contribution is -2.30. The van der Waals surface area contributed by atoms with Gasteiger partial charge in [0.25, 0.3) is 0 Å². The number of amidine groups is 1. The Morgan fingerprint density at radius 3 is 2.43 bits per heavy atom. The summed E-state index contributed by atoms with van der Waals surface area (Å²) in [6.07, 6.45) is 2.62. The molecule has 0 aromatic carbocycles. The molecule has 1 aliphatic heterocycles. The molecule has 14 heavy (non-hydrogen) atoms. The fourth-order valence-electron chi connectivity index (χ4n) is 1.39. The van der Waals surface area contributed by atoms with Gasteiger partial charge in [-0.1, -0.05) is 20.8 Å². The fourth-order valence-corrected chi connectivity index (χ4v) is 2.60. The number of nitrogens with zero attached hydrogens (tertiary/aromatic N) is 1. The summed E-state index contributed by atoms with van der Waals surface area (Å²) in [5.74, 6) is 4.18. The molecule has 2 N–H and O–H groups in total. The highest BCUT2D eigenvalue weighted by molar-refractivity contribution is 7.99. The molecule has 0 aromatic heterocycles. The van der Waals surface area contributed by atoms with E-state index in [1.807, 2.05) is 0 Å². The van der Waals surface area contributed by atoms with Gasteiger partial charge in [0, 0.05) is 12.0 Å². The Hall–Kier alpha value is -0.180. The van der Waals surface area contributed by atoms with E-state index in [4.69, 9.17) is 5.73 Å². The standard InChI is InChI=1S/C11H22N2S/c1-11(2,3)10(12)13-8-9-4-6-14-7-5-9/h9H,4-8H2,1-3H3,(H2,12,13). The van der Waals surface area contributed by atoms with Crippen molar-refractivity contribution < 1.29 is 0 Å². The van der Waals surface area contributed by atoms with Gasteiger partial charge in [0.1, 0.15) is 0 Å². The van der Waals surface area contributed by atoms with Gasteiger partial charge >= 0.3 is 0 Å². The molecule has 0 unspecified atom stereocenters. The first-order valence-electron chi connectivity index (χ1n) is 5.38. The lowest BCUT2D eigenvalue weighted by molar-refractivity contribution is 0.496. The maximum Gasteiger partial charge on any atom is 0.0991 e. The van der Waals surface area contributed by atoms with Gasteiger partial charge in [-0.3, -0.25) is 4.99 Å². The van der Waals surface area contributed by atoms with Crippen LogP contribution in [-0.4, -0.2) is 23.9 Å². The molecule has 1 aliphatic rings. The second-order valence-electron chi connectivity index (χ2n) is 5.03. The van der Waals surface area contributed by atoms with E-state index in [0.29, 0.717) is 0 Å². The van der Waals surface area contributed by atoms with Crippen molar-refractivity contribution in [2.75, 3.05) is 18.1 Å². The molecular weight excluding hydrogens is 192 g/mol. The second-order valence-corrected chi connectivity index (χ2v) is 6.26. The Balaban J connectivity index is 2.37. The predicted octanol–water partition coefficient (Wildman–Crippen LogP) is 2.53. The van der Waals surface area contributed by atoms with E-state index in [1.54, 1.807) is 0 Å². The molecular formula is C11H22N2S. The summed E-state index contributed by atoms with van der Waals surface area (Å²) in [4.78, 5) is 4.50. The molecule has 0 saturated carbocycles. The molecule has 0 amide bonds. The number of hydrogen-bond donors (Lipinski definition) is 1. The summed E-state index contributed by atoms with van der Waals surface area (Å²) in [6, 6.07) is 0. The minimum atomic E-state index is 0.0312. The Morgan fingerprint density at radius 1 is 1.36 bits per heavy atom.